The largest absolute Gasteiger partial charge is 0.494 e. The van der Waals surface area contributed by atoms with Gasteiger partial charge < -0.3 is 20.1 Å². The van der Waals surface area contributed by atoms with Crippen LogP contribution in [0.2, 0.25) is 0 Å². The average Bonchev–Trinajstić information content (AvgIpc) is 2.76. The van der Waals surface area contributed by atoms with E-state index in [1.54, 1.807) is 25.4 Å². The topological polar surface area (TPSA) is 67.8 Å². The Morgan fingerprint density at radius 2 is 1.74 bits per heavy atom. The number of benzene rings is 2. The van der Waals surface area contributed by atoms with Crippen molar-refractivity contribution < 1.29 is 13.9 Å². The van der Waals surface area contributed by atoms with Crippen LogP contribution in [0.15, 0.2) is 71.9 Å². The van der Waals surface area contributed by atoms with Crippen LogP contribution in [0.1, 0.15) is 18.1 Å². The second-order valence-electron chi connectivity index (χ2n) is 6.35. The van der Waals surface area contributed by atoms with Gasteiger partial charge in [0.25, 0.3) is 0 Å². The predicted octanol–water partition coefficient (Wildman–Crippen LogP) is 4.89. The smallest absolute Gasteiger partial charge is 0.224 e. The molecule has 0 aliphatic rings. The van der Waals surface area contributed by atoms with Crippen LogP contribution in [-0.2, 0) is 13.1 Å². The highest BCUT2D eigenvalue weighted by Crippen LogP contribution is 2.23. The molecule has 31 heavy (non-hydrogen) atoms. The quantitative estimate of drug-likeness (QED) is 0.244. The number of halogens is 2. The molecule has 1 heterocycles. The first-order valence-corrected chi connectivity index (χ1v) is 9.72. The number of para-hydroxylation sites is 1. The summed E-state index contributed by atoms with van der Waals surface area (Å²) in [5.41, 5.74) is 1.86. The average molecular weight is 536 g/mol. The van der Waals surface area contributed by atoms with E-state index in [0.717, 1.165) is 16.9 Å². The van der Waals surface area contributed by atoms with Gasteiger partial charge in [-0.05, 0) is 31.2 Å². The lowest BCUT2D eigenvalue weighted by molar-refractivity contribution is 0.336. The van der Waals surface area contributed by atoms with Crippen molar-refractivity contribution in [2.24, 2.45) is 4.99 Å². The summed E-state index contributed by atoms with van der Waals surface area (Å²) in [4.78, 5) is 8.53. The number of hydrogen-bond donors (Lipinski definition) is 2. The highest BCUT2D eigenvalue weighted by Gasteiger charge is 2.09. The van der Waals surface area contributed by atoms with Gasteiger partial charge in [0, 0.05) is 43.5 Å². The molecule has 8 heteroatoms. The van der Waals surface area contributed by atoms with Crippen molar-refractivity contribution in [3.63, 3.8) is 0 Å². The Labute approximate surface area is 198 Å². The van der Waals surface area contributed by atoms with Crippen molar-refractivity contribution in [2.75, 3.05) is 13.7 Å². The molecular weight excluding hydrogens is 510 g/mol. The van der Waals surface area contributed by atoms with Gasteiger partial charge in [-0.1, -0.05) is 30.3 Å². The molecule has 0 radical (unpaired) electrons. The summed E-state index contributed by atoms with van der Waals surface area (Å²) >= 11 is 0. The van der Waals surface area contributed by atoms with E-state index in [2.05, 4.69) is 20.6 Å². The predicted molar refractivity (Wildman–Crippen MR) is 131 cm³/mol. The molecule has 0 atom stereocenters. The van der Waals surface area contributed by atoms with E-state index in [4.69, 9.17) is 9.47 Å². The van der Waals surface area contributed by atoms with E-state index in [1.807, 2.05) is 43.3 Å². The Hall–Kier alpha value is -2.88. The van der Waals surface area contributed by atoms with Gasteiger partial charge in [0.2, 0.25) is 5.88 Å². The van der Waals surface area contributed by atoms with E-state index in [9.17, 15) is 4.39 Å². The maximum atomic E-state index is 13.4. The van der Waals surface area contributed by atoms with Gasteiger partial charge in [-0.15, -0.1) is 24.0 Å². The third kappa shape index (κ3) is 7.39. The zero-order valence-electron chi connectivity index (χ0n) is 17.5. The molecule has 0 aliphatic heterocycles. The first-order chi connectivity index (χ1) is 14.7. The van der Waals surface area contributed by atoms with Gasteiger partial charge in [-0.25, -0.2) is 9.37 Å². The van der Waals surface area contributed by atoms with Crippen LogP contribution in [0.4, 0.5) is 4.39 Å². The molecule has 0 bridgehead atoms. The second kappa shape index (κ2) is 12.7. The zero-order valence-corrected chi connectivity index (χ0v) is 19.8. The van der Waals surface area contributed by atoms with Crippen molar-refractivity contribution in [3.05, 3.63) is 83.8 Å². The van der Waals surface area contributed by atoms with Gasteiger partial charge in [0.05, 0.1) is 6.61 Å². The minimum absolute atomic E-state index is 0. The molecule has 0 saturated carbocycles. The van der Waals surface area contributed by atoms with Crippen LogP contribution in [0.5, 0.6) is 17.4 Å². The van der Waals surface area contributed by atoms with Crippen molar-refractivity contribution in [1.82, 2.24) is 15.6 Å². The van der Waals surface area contributed by atoms with Crippen molar-refractivity contribution in [1.29, 1.82) is 0 Å². The fourth-order valence-corrected chi connectivity index (χ4v) is 2.82. The second-order valence-corrected chi connectivity index (χ2v) is 6.35. The Kier molecular flexibility index (Phi) is 10.0. The fourth-order valence-electron chi connectivity index (χ4n) is 2.82. The van der Waals surface area contributed by atoms with Crippen LogP contribution in [0.25, 0.3) is 0 Å². The van der Waals surface area contributed by atoms with E-state index in [1.165, 1.54) is 12.1 Å². The number of nitrogens with one attached hydrogen (secondary N) is 2. The molecule has 0 saturated heterocycles. The number of pyridine rings is 1. The van der Waals surface area contributed by atoms with Gasteiger partial charge >= 0.3 is 0 Å². The first kappa shape index (κ1) is 24.4. The first-order valence-electron chi connectivity index (χ1n) is 9.72. The molecule has 0 unspecified atom stereocenters. The Bertz CT molecular complexity index is 1000. The van der Waals surface area contributed by atoms with Crippen LogP contribution in [0, 0.1) is 5.82 Å². The molecule has 1 aromatic heterocycles. The molecule has 0 spiro atoms. The molecule has 2 N–H and O–H groups in total. The molecular formula is C23H26FIN4O2. The van der Waals surface area contributed by atoms with Crippen LogP contribution >= 0.6 is 24.0 Å². The Balaban J connectivity index is 0.00000341. The third-order valence-corrected chi connectivity index (χ3v) is 4.25. The van der Waals surface area contributed by atoms with Gasteiger partial charge in [0.15, 0.2) is 5.96 Å². The van der Waals surface area contributed by atoms with Gasteiger partial charge in [0.1, 0.15) is 17.3 Å². The lowest BCUT2D eigenvalue weighted by Gasteiger charge is -2.15. The van der Waals surface area contributed by atoms with Gasteiger partial charge in [-0.2, -0.15) is 0 Å². The molecule has 164 valence electrons. The SMILES string of the molecule is CCOc1ccccc1CNC(=NC)NCc1cccnc1Oc1cccc(F)c1.I. The molecule has 3 rings (SSSR count). The maximum Gasteiger partial charge on any atom is 0.224 e. The van der Waals surface area contributed by atoms with Crippen molar-refractivity contribution >= 4 is 29.9 Å². The summed E-state index contributed by atoms with van der Waals surface area (Å²) in [5, 5.41) is 6.53. The lowest BCUT2D eigenvalue weighted by Crippen LogP contribution is -2.36. The number of aliphatic imine (C=N–C) groups is 1. The Morgan fingerprint density at radius 1 is 1.00 bits per heavy atom. The molecule has 0 aliphatic carbocycles. The minimum Gasteiger partial charge on any atom is -0.494 e. The normalized spacial score (nSPS) is 10.7. The fraction of sp³-hybridized carbons (Fsp3) is 0.217. The van der Waals surface area contributed by atoms with Crippen molar-refractivity contribution in [3.8, 4) is 17.4 Å². The standard InChI is InChI=1S/C23H25FN4O2.HI/c1-3-29-21-12-5-4-8-17(21)15-27-23(25-2)28-16-18-9-7-13-26-22(18)30-20-11-6-10-19(24)14-20;/h4-14H,3,15-16H2,1-2H3,(H2,25,27,28);1H. The molecule has 6 nitrogen and oxygen atoms in total. The van der Waals surface area contributed by atoms with E-state index < -0.39 is 0 Å². The molecule has 0 fully saturated rings. The summed E-state index contributed by atoms with van der Waals surface area (Å²) in [6, 6.07) is 17.6. The molecule has 2 aromatic carbocycles. The van der Waals surface area contributed by atoms with Crippen LogP contribution in [0.3, 0.4) is 0 Å². The number of rotatable bonds is 8. The monoisotopic (exact) mass is 536 g/mol. The lowest BCUT2D eigenvalue weighted by atomic mass is 10.2. The number of aromatic nitrogens is 1. The minimum atomic E-state index is -0.361. The summed E-state index contributed by atoms with van der Waals surface area (Å²) in [5.74, 6) is 1.92. The highest BCUT2D eigenvalue weighted by atomic mass is 127. The number of guanidine groups is 1. The Morgan fingerprint density at radius 3 is 2.48 bits per heavy atom. The van der Waals surface area contributed by atoms with E-state index in [-0.39, 0.29) is 29.8 Å². The highest BCUT2D eigenvalue weighted by molar-refractivity contribution is 14.0. The van der Waals surface area contributed by atoms with Gasteiger partial charge in [-0.3, -0.25) is 4.99 Å². The molecule has 3 aromatic rings. The summed E-state index contributed by atoms with van der Waals surface area (Å²) < 4.78 is 24.8. The number of ether oxygens (including phenoxy) is 2. The van der Waals surface area contributed by atoms with Crippen LogP contribution < -0.4 is 20.1 Å². The zero-order chi connectivity index (χ0) is 21.2. The molecule has 0 amide bonds. The van der Waals surface area contributed by atoms with E-state index >= 15 is 0 Å². The third-order valence-electron chi connectivity index (χ3n) is 4.25. The summed E-state index contributed by atoms with van der Waals surface area (Å²) in [7, 11) is 1.71. The number of hydrogen-bond acceptors (Lipinski definition) is 4. The maximum absolute atomic E-state index is 13.4. The summed E-state index contributed by atoms with van der Waals surface area (Å²) in [6.07, 6.45) is 1.63. The van der Waals surface area contributed by atoms with E-state index in [0.29, 0.717) is 37.3 Å². The van der Waals surface area contributed by atoms with Crippen LogP contribution in [-0.4, -0.2) is 24.6 Å². The number of nitrogens with zero attached hydrogens (tertiary/aromatic N) is 2. The summed E-state index contributed by atoms with van der Waals surface area (Å²) in [6.45, 7) is 3.57. The van der Waals surface area contributed by atoms with Crippen molar-refractivity contribution in [2.45, 2.75) is 20.0 Å².